The third kappa shape index (κ3) is 2.35. The maximum atomic E-state index is 13.1. The molecule has 0 aliphatic carbocycles. The molecule has 16 heavy (non-hydrogen) atoms. The summed E-state index contributed by atoms with van der Waals surface area (Å²) >= 11 is 0. The Labute approximate surface area is 95.6 Å². The van der Waals surface area contributed by atoms with Gasteiger partial charge < -0.3 is 10.5 Å². The Morgan fingerprint density at radius 1 is 1.50 bits per heavy atom. The molecule has 0 amide bonds. The van der Waals surface area contributed by atoms with Crippen LogP contribution < -0.4 is 10.5 Å². The number of nitrogens with two attached hydrogens (primary N) is 1. The maximum absolute atomic E-state index is 13.1. The number of ether oxygens (including phenoxy) is 1. The van der Waals surface area contributed by atoms with E-state index in [0.717, 1.165) is 18.4 Å². The monoisotopic (exact) mass is 223 g/mol. The first kappa shape index (κ1) is 11.4. The fraction of sp³-hybridized carbons (Fsp3) is 0.538. The van der Waals surface area contributed by atoms with Crippen molar-refractivity contribution >= 4 is 0 Å². The third-order valence-electron chi connectivity index (χ3n) is 2.92. The normalized spacial score (nSPS) is 24.1. The molecule has 0 saturated carbocycles. The van der Waals surface area contributed by atoms with Crippen LogP contribution in [-0.4, -0.2) is 6.10 Å². The molecule has 0 fully saturated rings. The lowest BCUT2D eigenvalue weighted by Crippen LogP contribution is -2.30. The van der Waals surface area contributed by atoms with Crippen molar-refractivity contribution in [3.8, 4) is 5.75 Å². The van der Waals surface area contributed by atoms with E-state index in [1.165, 1.54) is 12.1 Å². The average Bonchev–Trinajstić information content (AvgIpc) is 2.15. The van der Waals surface area contributed by atoms with Gasteiger partial charge in [0.05, 0.1) is 0 Å². The number of halogens is 1. The smallest absolute Gasteiger partial charge is 0.127 e. The highest BCUT2D eigenvalue weighted by Gasteiger charge is 2.26. The number of hydrogen-bond acceptors (Lipinski definition) is 2. The molecule has 1 heterocycles. The van der Waals surface area contributed by atoms with Gasteiger partial charge in [-0.05, 0) is 18.4 Å². The molecule has 2 atom stereocenters. The van der Waals surface area contributed by atoms with Crippen molar-refractivity contribution in [2.24, 2.45) is 11.7 Å². The fourth-order valence-corrected chi connectivity index (χ4v) is 2.22. The van der Waals surface area contributed by atoms with Crippen molar-refractivity contribution in [2.45, 2.75) is 38.8 Å². The zero-order valence-corrected chi connectivity index (χ0v) is 9.74. The van der Waals surface area contributed by atoms with Gasteiger partial charge in [-0.2, -0.15) is 0 Å². The Kier molecular flexibility index (Phi) is 3.15. The van der Waals surface area contributed by atoms with Gasteiger partial charge in [-0.15, -0.1) is 0 Å². The zero-order valence-electron chi connectivity index (χ0n) is 9.74. The van der Waals surface area contributed by atoms with Crippen LogP contribution in [0.5, 0.6) is 5.75 Å². The fourth-order valence-electron chi connectivity index (χ4n) is 2.22. The first-order valence-electron chi connectivity index (χ1n) is 5.78. The van der Waals surface area contributed by atoms with E-state index in [2.05, 4.69) is 13.8 Å². The lowest BCUT2D eigenvalue weighted by Gasteiger charge is -2.31. The molecular weight excluding hydrogens is 205 g/mol. The SMILES string of the molecule is CC(C)CC1C[C@@H](N)c2ccc(F)cc2O1. The Balaban J connectivity index is 2.20. The molecular formula is C13H18FNO. The van der Waals surface area contributed by atoms with E-state index in [1.54, 1.807) is 6.07 Å². The number of rotatable bonds is 2. The summed E-state index contributed by atoms with van der Waals surface area (Å²) in [6.07, 6.45) is 1.89. The summed E-state index contributed by atoms with van der Waals surface area (Å²) in [7, 11) is 0. The summed E-state index contributed by atoms with van der Waals surface area (Å²) < 4.78 is 18.9. The zero-order chi connectivity index (χ0) is 11.7. The highest BCUT2D eigenvalue weighted by molar-refractivity contribution is 5.38. The Morgan fingerprint density at radius 2 is 2.25 bits per heavy atom. The Bertz CT molecular complexity index is 378. The van der Waals surface area contributed by atoms with E-state index in [9.17, 15) is 4.39 Å². The van der Waals surface area contributed by atoms with E-state index in [1.807, 2.05) is 0 Å². The van der Waals surface area contributed by atoms with Crippen molar-refractivity contribution in [1.82, 2.24) is 0 Å². The summed E-state index contributed by atoms with van der Waals surface area (Å²) in [6.45, 7) is 4.30. The molecule has 1 aromatic rings. The van der Waals surface area contributed by atoms with Crippen LogP contribution in [0.25, 0.3) is 0 Å². The van der Waals surface area contributed by atoms with Crippen LogP contribution in [-0.2, 0) is 0 Å². The lowest BCUT2D eigenvalue weighted by atomic mass is 9.93. The van der Waals surface area contributed by atoms with Gasteiger partial charge in [0, 0.05) is 24.1 Å². The summed E-state index contributed by atoms with van der Waals surface area (Å²) in [5.74, 6) is 0.910. The largest absolute Gasteiger partial charge is 0.490 e. The molecule has 2 nitrogen and oxygen atoms in total. The van der Waals surface area contributed by atoms with E-state index in [4.69, 9.17) is 10.5 Å². The minimum Gasteiger partial charge on any atom is -0.490 e. The summed E-state index contributed by atoms with van der Waals surface area (Å²) in [4.78, 5) is 0. The lowest BCUT2D eigenvalue weighted by molar-refractivity contribution is 0.135. The van der Waals surface area contributed by atoms with Crippen LogP contribution in [0, 0.1) is 11.7 Å². The van der Waals surface area contributed by atoms with E-state index < -0.39 is 0 Å². The molecule has 1 aliphatic rings. The first-order chi connectivity index (χ1) is 7.56. The molecule has 2 N–H and O–H groups in total. The average molecular weight is 223 g/mol. The predicted molar refractivity (Wildman–Crippen MR) is 61.8 cm³/mol. The molecule has 0 aromatic heterocycles. The second kappa shape index (κ2) is 4.42. The Morgan fingerprint density at radius 3 is 2.94 bits per heavy atom. The van der Waals surface area contributed by atoms with Crippen LogP contribution >= 0.6 is 0 Å². The van der Waals surface area contributed by atoms with Crippen LogP contribution in [0.3, 0.4) is 0 Å². The molecule has 0 radical (unpaired) electrons. The van der Waals surface area contributed by atoms with Gasteiger partial charge in [-0.1, -0.05) is 19.9 Å². The summed E-state index contributed by atoms with van der Waals surface area (Å²) in [5, 5.41) is 0. The number of benzene rings is 1. The van der Waals surface area contributed by atoms with Gasteiger partial charge in [0.15, 0.2) is 0 Å². The quantitative estimate of drug-likeness (QED) is 0.836. The van der Waals surface area contributed by atoms with Gasteiger partial charge in [0.25, 0.3) is 0 Å². The van der Waals surface area contributed by atoms with Crippen LogP contribution in [0.1, 0.15) is 38.3 Å². The molecule has 1 unspecified atom stereocenters. The minimum atomic E-state index is -0.267. The third-order valence-corrected chi connectivity index (χ3v) is 2.92. The number of fused-ring (bicyclic) bond motifs is 1. The second-order valence-corrected chi connectivity index (χ2v) is 4.89. The van der Waals surface area contributed by atoms with Crippen LogP contribution in [0.2, 0.25) is 0 Å². The Hall–Kier alpha value is -1.09. The summed E-state index contributed by atoms with van der Waals surface area (Å²) in [5.41, 5.74) is 6.98. The predicted octanol–water partition coefficient (Wildman–Crippen LogP) is 3.02. The topological polar surface area (TPSA) is 35.2 Å². The molecule has 88 valence electrons. The highest BCUT2D eigenvalue weighted by atomic mass is 19.1. The van der Waals surface area contributed by atoms with Gasteiger partial charge in [0.2, 0.25) is 0 Å². The van der Waals surface area contributed by atoms with Crippen LogP contribution in [0.4, 0.5) is 4.39 Å². The van der Waals surface area contributed by atoms with Gasteiger partial charge >= 0.3 is 0 Å². The second-order valence-electron chi connectivity index (χ2n) is 4.89. The van der Waals surface area contributed by atoms with Crippen molar-refractivity contribution < 1.29 is 9.13 Å². The van der Waals surface area contributed by atoms with E-state index >= 15 is 0 Å². The molecule has 0 bridgehead atoms. The summed E-state index contributed by atoms with van der Waals surface area (Å²) in [6, 6.07) is 4.56. The van der Waals surface area contributed by atoms with Gasteiger partial charge in [-0.25, -0.2) is 4.39 Å². The van der Waals surface area contributed by atoms with Gasteiger partial charge in [-0.3, -0.25) is 0 Å². The van der Waals surface area contributed by atoms with Crippen molar-refractivity contribution in [3.63, 3.8) is 0 Å². The minimum absolute atomic E-state index is 0.0342. The van der Waals surface area contributed by atoms with Gasteiger partial charge in [0.1, 0.15) is 17.7 Å². The molecule has 0 spiro atoms. The molecule has 0 saturated heterocycles. The van der Waals surface area contributed by atoms with E-state index in [0.29, 0.717) is 11.7 Å². The number of hydrogen-bond donors (Lipinski definition) is 1. The maximum Gasteiger partial charge on any atom is 0.127 e. The van der Waals surface area contributed by atoms with Crippen molar-refractivity contribution in [1.29, 1.82) is 0 Å². The van der Waals surface area contributed by atoms with E-state index in [-0.39, 0.29) is 18.0 Å². The molecule has 1 aromatic carbocycles. The van der Waals surface area contributed by atoms with Crippen LogP contribution in [0.15, 0.2) is 18.2 Å². The molecule has 1 aliphatic heterocycles. The van der Waals surface area contributed by atoms with Crippen molar-refractivity contribution in [2.75, 3.05) is 0 Å². The molecule has 2 rings (SSSR count). The van der Waals surface area contributed by atoms with Crippen molar-refractivity contribution in [3.05, 3.63) is 29.6 Å². The standard InChI is InChI=1S/C13H18FNO/c1-8(2)5-10-7-12(15)11-4-3-9(14)6-13(11)16-10/h3-4,6,8,10,12H,5,7,15H2,1-2H3/t10?,12-/m1/s1. The highest BCUT2D eigenvalue weighted by Crippen LogP contribution is 2.35. The first-order valence-corrected chi connectivity index (χ1v) is 5.78. The molecule has 3 heteroatoms.